The highest BCUT2D eigenvalue weighted by atomic mass is 79.9. The molecule has 0 fully saturated rings. The molecule has 2 rings (SSSR count). The molecule has 5 nitrogen and oxygen atoms in total. The minimum atomic E-state index is 0.0212. The number of rotatable bonds is 4. The molecule has 0 bridgehead atoms. The molecule has 1 heterocycles. The molecule has 0 radical (unpaired) electrons. The van der Waals surface area contributed by atoms with Gasteiger partial charge in [-0.25, -0.2) is 0 Å². The Morgan fingerprint density at radius 1 is 1.21 bits per heavy atom. The van der Waals surface area contributed by atoms with Gasteiger partial charge in [0.15, 0.2) is 0 Å². The first-order chi connectivity index (χ1) is 9.01. The van der Waals surface area contributed by atoms with Gasteiger partial charge in [0.05, 0.1) is 11.7 Å². The van der Waals surface area contributed by atoms with Crippen molar-refractivity contribution >= 4 is 43.6 Å². The standard InChI is InChI=1S/C12H14Br2N4O/c1-6-4-8(13)10(9(14)5-6)16-12-18-17-11(19-12)7(2)15-3/h4-5,7,15H,1-3H3,(H,16,18). The Kier molecular flexibility index (Phi) is 4.59. The van der Waals surface area contributed by atoms with Crippen molar-refractivity contribution in [2.45, 2.75) is 19.9 Å². The van der Waals surface area contributed by atoms with Gasteiger partial charge in [-0.2, -0.15) is 0 Å². The highest BCUT2D eigenvalue weighted by molar-refractivity contribution is 9.11. The van der Waals surface area contributed by atoms with Crippen molar-refractivity contribution in [1.29, 1.82) is 0 Å². The molecule has 0 aliphatic rings. The minimum Gasteiger partial charge on any atom is -0.406 e. The Bertz CT molecular complexity index is 562. The van der Waals surface area contributed by atoms with E-state index in [0.29, 0.717) is 11.9 Å². The summed E-state index contributed by atoms with van der Waals surface area (Å²) in [7, 11) is 1.84. The zero-order chi connectivity index (χ0) is 14.0. The average molecular weight is 390 g/mol. The number of nitrogens with zero attached hydrogens (tertiary/aromatic N) is 2. The summed E-state index contributed by atoms with van der Waals surface area (Å²) in [6, 6.07) is 4.41. The molecular formula is C12H14Br2N4O. The first-order valence-electron chi connectivity index (χ1n) is 5.74. The molecule has 2 aromatic rings. The van der Waals surface area contributed by atoms with Crippen LogP contribution in [0.3, 0.4) is 0 Å². The molecule has 7 heteroatoms. The molecular weight excluding hydrogens is 376 g/mol. The fourth-order valence-corrected chi connectivity index (χ4v) is 3.12. The summed E-state index contributed by atoms with van der Waals surface area (Å²) in [6.45, 7) is 3.98. The fraction of sp³-hybridized carbons (Fsp3) is 0.333. The van der Waals surface area contributed by atoms with E-state index in [1.165, 1.54) is 0 Å². The van der Waals surface area contributed by atoms with Crippen molar-refractivity contribution in [2.75, 3.05) is 12.4 Å². The maximum Gasteiger partial charge on any atom is 0.320 e. The third kappa shape index (κ3) is 3.34. The van der Waals surface area contributed by atoms with Crippen LogP contribution in [0, 0.1) is 6.92 Å². The summed E-state index contributed by atoms with van der Waals surface area (Å²) in [6.07, 6.45) is 0. The van der Waals surface area contributed by atoms with E-state index in [1.54, 1.807) is 0 Å². The Hall–Kier alpha value is -0.920. The molecule has 0 aliphatic heterocycles. The van der Waals surface area contributed by atoms with Gasteiger partial charge < -0.3 is 15.1 Å². The second-order valence-corrected chi connectivity index (χ2v) is 5.89. The quantitative estimate of drug-likeness (QED) is 0.829. The van der Waals surface area contributed by atoms with E-state index >= 15 is 0 Å². The summed E-state index contributed by atoms with van der Waals surface area (Å²) in [4.78, 5) is 0. The van der Waals surface area contributed by atoms with Gasteiger partial charge in [-0.1, -0.05) is 5.10 Å². The van der Waals surface area contributed by atoms with Gasteiger partial charge in [0.1, 0.15) is 0 Å². The summed E-state index contributed by atoms with van der Waals surface area (Å²) < 4.78 is 7.41. The topological polar surface area (TPSA) is 63.0 Å². The Morgan fingerprint density at radius 2 is 1.84 bits per heavy atom. The van der Waals surface area contributed by atoms with Gasteiger partial charge in [0.25, 0.3) is 0 Å². The lowest BCUT2D eigenvalue weighted by Crippen LogP contribution is -2.12. The first kappa shape index (κ1) is 14.5. The molecule has 0 saturated carbocycles. The van der Waals surface area contributed by atoms with Gasteiger partial charge in [-0.15, -0.1) is 5.10 Å². The molecule has 0 amide bonds. The van der Waals surface area contributed by atoms with E-state index in [9.17, 15) is 0 Å². The number of hydrogen-bond donors (Lipinski definition) is 2. The van der Waals surface area contributed by atoms with E-state index in [1.807, 2.05) is 33.0 Å². The number of anilines is 2. The lowest BCUT2D eigenvalue weighted by molar-refractivity contribution is 0.443. The first-order valence-corrected chi connectivity index (χ1v) is 7.33. The summed E-state index contributed by atoms with van der Waals surface area (Å²) in [5, 5.41) is 14.1. The van der Waals surface area contributed by atoms with Crippen LogP contribution in [-0.4, -0.2) is 17.2 Å². The number of halogens is 2. The molecule has 1 aromatic carbocycles. The van der Waals surface area contributed by atoms with Crippen molar-refractivity contribution in [3.63, 3.8) is 0 Å². The number of aromatic nitrogens is 2. The lowest BCUT2D eigenvalue weighted by Gasteiger charge is -2.08. The third-order valence-electron chi connectivity index (χ3n) is 2.66. The van der Waals surface area contributed by atoms with Crippen LogP contribution in [0.2, 0.25) is 0 Å². The van der Waals surface area contributed by atoms with Gasteiger partial charge in [0.2, 0.25) is 5.89 Å². The molecule has 0 aliphatic carbocycles. The average Bonchev–Trinajstić information content (AvgIpc) is 2.81. The van der Waals surface area contributed by atoms with Crippen molar-refractivity contribution in [3.05, 3.63) is 32.5 Å². The zero-order valence-electron chi connectivity index (χ0n) is 10.8. The van der Waals surface area contributed by atoms with Crippen LogP contribution in [0.25, 0.3) is 0 Å². The maximum atomic E-state index is 5.54. The van der Waals surface area contributed by atoms with Crippen LogP contribution < -0.4 is 10.6 Å². The summed E-state index contributed by atoms with van der Waals surface area (Å²) >= 11 is 7.02. The van der Waals surface area contributed by atoms with Crippen LogP contribution in [0.5, 0.6) is 0 Å². The van der Waals surface area contributed by atoms with Gasteiger partial charge in [0, 0.05) is 8.95 Å². The molecule has 1 unspecified atom stereocenters. The summed E-state index contributed by atoms with van der Waals surface area (Å²) in [5.41, 5.74) is 2.01. The molecule has 2 N–H and O–H groups in total. The Morgan fingerprint density at radius 3 is 2.42 bits per heavy atom. The van der Waals surface area contributed by atoms with Gasteiger partial charge in [-0.05, 0) is 70.5 Å². The predicted octanol–water partition coefficient (Wildman–Crippen LogP) is 3.93. The largest absolute Gasteiger partial charge is 0.406 e. The van der Waals surface area contributed by atoms with Crippen molar-refractivity contribution < 1.29 is 4.42 Å². The van der Waals surface area contributed by atoms with Crippen LogP contribution in [0.4, 0.5) is 11.7 Å². The third-order valence-corrected chi connectivity index (χ3v) is 3.91. The zero-order valence-corrected chi connectivity index (χ0v) is 14.0. The Labute approximate surface area is 128 Å². The van der Waals surface area contributed by atoms with E-state index in [0.717, 1.165) is 20.2 Å². The van der Waals surface area contributed by atoms with Crippen molar-refractivity contribution in [3.8, 4) is 0 Å². The normalized spacial score (nSPS) is 12.5. The second-order valence-electron chi connectivity index (χ2n) is 4.18. The van der Waals surface area contributed by atoms with E-state index in [4.69, 9.17) is 4.42 Å². The smallest absolute Gasteiger partial charge is 0.320 e. The minimum absolute atomic E-state index is 0.0212. The number of aryl methyl sites for hydroxylation is 1. The lowest BCUT2D eigenvalue weighted by atomic mass is 10.2. The number of nitrogens with one attached hydrogen (secondary N) is 2. The molecule has 0 saturated heterocycles. The molecule has 19 heavy (non-hydrogen) atoms. The SMILES string of the molecule is CNC(C)c1nnc(Nc2c(Br)cc(C)cc2Br)o1. The molecule has 0 spiro atoms. The van der Waals surface area contributed by atoms with Crippen LogP contribution in [0.1, 0.15) is 24.4 Å². The van der Waals surface area contributed by atoms with Crippen LogP contribution >= 0.6 is 31.9 Å². The Balaban J connectivity index is 2.24. The molecule has 1 atom stereocenters. The molecule has 1 aromatic heterocycles. The fourth-order valence-electron chi connectivity index (χ4n) is 1.51. The van der Waals surface area contributed by atoms with Gasteiger partial charge in [-0.3, -0.25) is 0 Å². The second kappa shape index (κ2) is 6.02. The van der Waals surface area contributed by atoms with Gasteiger partial charge >= 0.3 is 6.01 Å². The monoisotopic (exact) mass is 388 g/mol. The molecule has 102 valence electrons. The highest BCUT2D eigenvalue weighted by Crippen LogP contribution is 2.34. The number of hydrogen-bond acceptors (Lipinski definition) is 5. The van der Waals surface area contributed by atoms with Crippen LogP contribution in [-0.2, 0) is 0 Å². The van der Waals surface area contributed by atoms with Crippen molar-refractivity contribution in [1.82, 2.24) is 15.5 Å². The van der Waals surface area contributed by atoms with Crippen molar-refractivity contribution in [2.24, 2.45) is 0 Å². The van der Waals surface area contributed by atoms with Crippen LogP contribution in [0.15, 0.2) is 25.5 Å². The summed E-state index contributed by atoms with van der Waals surface area (Å²) in [5.74, 6) is 0.546. The van der Waals surface area contributed by atoms with E-state index < -0.39 is 0 Å². The maximum absolute atomic E-state index is 5.54. The van der Waals surface area contributed by atoms with E-state index in [-0.39, 0.29) is 6.04 Å². The van der Waals surface area contributed by atoms with E-state index in [2.05, 4.69) is 52.7 Å². The predicted molar refractivity (Wildman–Crippen MR) is 81.6 cm³/mol. The highest BCUT2D eigenvalue weighted by Gasteiger charge is 2.14. The number of benzene rings is 1.